The number of hydrogen-bond acceptors (Lipinski definition) is 6. The fourth-order valence-corrected chi connectivity index (χ4v) is 3.85. The maximum Gasteiger partial charge on any atom is 0.417 e. The van der Waals surface area contributed by atoms with Gasteiger partial charge in [0.15, 0.2) is 12.6 Å². The van der Waals surface area contributed by atoms with Gasteiger partial charge in [-0.1, -0.05) is 37.3 Å². The first-order valence-electron chi connectivity index (χ1n) is 11.5. The quantitative estimate of drug-likeness (QED) is 0.368. The molecule has 2 atom stereocenters. The van der Waals surface area contributed by atoms with Gasteiger partial charge in [-0.3, -0.25) is 9.78 Å². The Balaban J connectivity index is 1.68. The zero-order valence-electron chi connectivity index (χ0n) is 20.0. The smallest absolute Gasteiger partial charge is 0.417 e. The van der Waals surface area contributed by atoms with Gasteiger partial charge in [-0.25, -0.2) is 13.8 Å². The van der Waals surface area contributed by atoms with Gasteiger partial charge in [0.1, 0.15) is 17.5 Å². The van der Waals surface area contributed by atoms with Crippen molar-refractivity contribution in [1.29, 1.82) is 0 Å². The van der Waals surface area contributed by atoms with Crippen molar-refractivity contribution < 1.29 is 36.2 Å². The molecule has 2 aromatic carbocycles. The van der Waals surface area contributed by atoms with Crippen LogP contribution in [0.1, 0.15) is 52.7 Å². The molecule has 200 valence electrons. The molecule has 0 aliphatic carbocycles. The van der Waals surface area contributed by atoms with Crippen LogP contribution in [0.2, 0.25) is 0 Å². The van der Waals surface area contributed by atoms with Gasteiger partial charge in [-0.15, -0.1) is 0 Å². The van der Waals surface area contributed by atoms with Crippen molar-refractivity contribution in [2.45, 2.75) is 37.6 Å². The van der Waals surface area contributed by atoms with Crippen LogP contribution in [0.5, 0.6) is 5.75 Å². The Morgan fingerprint density at radius 1 is 1.18 bits per heavy atom. The zero-order chi connectivity index (χ0) is 27.5. The molecular weight excluding hydrogens is 511 g/mol. The summed E-state index contributed by atoms with van der Waals surface area (Å²) in [5.41, 5.74) is 5.11. The number of amides is 1. The molecule has 0 bridgehead atoms. The standard InChI is InChI=1S/C26H23F5N4O3/c1-2-20(15-6-4-3-5-7-15)38-21-11-9-17(12-18(21)22-25(27,28)14-37-24(32)35-22)34-23(36)19-10-8-16(13-33-19)26(29,30)31/h3-13,20,22H,2,14H2,1H3,(H2,32,35)(H,34,36). The molecule has 0 saturated heterocycles. The Morgan fingerprint density at radius 3 is 2.55 bits per heavy atom. The van der Waals surface area contributed by atoms with E-state index < -0.39 is 48.3 Å². The Hall–Kier alpha value is -4.22. The number of nitrogens with one attached hydrogen (secondary N) is 1. The topological polar surface area (TPSA) is 98.8 Å². The number of carbonyl (C=O) groups is 1. The average Bonchev–Trinajstić information content (AvgIpc) is 2.89. The number of nitrogens with two attached hydrogens (primary N) is 1. The Kier molecular flexibility index (Phi) is 7.51. The van der Waals surface area contributed by atoms with E-state index in [2.05, 4.69) is 15.3 Å². The fraction of sp³-hybridized carbons (Fsp3) is 0.269. The molecule has 7 nitrogen and oxygen atoms in total. The van der Waals surface area contributed by atoms with E-state index in [1.165, 1.54) is 18.2 Å². The van der Waals surface area contributed by atoms with Crippen LogP contribution in [0, 0.1) is 0 Å². The van der Waals surface area contributed by atoms with Gasteiger partial charge in [0.05, 0.1) is 5.56 Å². The molecule has 3 N–H and O–H groups in total. The second-order valence-corrected chi connectivity index (χ2v) is 8.48. The van der Waals surface area contributed by atoms with Crippen LogP contribution in [-0.2, 0) is 10.9 Å². The molecule has 0 saturated carbocycles. The summed E-state index contributed by atoms with van der Waals surface area (Å²) in [6.45, 7) is 0.872. The van der Waals surface area contributed by atoms with E-state index >= 15 is 0 Å². The van der Waals surface area contributed by atoms with Crippen molar-refractivity contribution in [3.8, 4) is 5.75 Å². The molecule has 3 aromatic rings. The Bertz CT molecular complexity index is 1310. The van der Waals surface area contributed by atoms with E-state index in [1.807, 2.05) is 37.3 Å². The lowest BCUT2D eigenvalue weighted by Crippen LogP contribution is -2.39. The molecule has 1 aliphatic heterocycles. The second-order valence-electron chi connectivity index (χ2n) is 8.48. The van der Waals surface area contributed by atoms with Gasteiger partial charge in [0, 0.05) is 17.4 Å². The van der Waals surface area contributed by atoms with Gasteiger partial charge < -0.3 is 20.5 Å². The number of ether oxygens (including phenoxy) is 2. The van der Waals surface area contributed by atoms with E-state index in [0.717, 1.165) is 17.7 Å². The zero-order valence-corrected chi connectivity index (χ0v) is 20.0. The summed E-state index contributed by atoms with van der Waals surface area (Å²) in [5, 5.41) is 2.47. The molecule has 1 aliphatic rings. The van der Waals surface area contributed by atoms with Crippen molar-refractivity contribution in [2.24, 2.45) is 10.7 Å². The minimum absolute atomic E-state index is 0.0613. The van der Waals surface area contributed by atoms with Crippen LogP contribution in [0.3, 0.4) is 0 Å². The molecule has 2 unspecified atom stereocenters. The van der Waals surface area contributed by atoms with Crippen LogP contribution in [0.25, 0.3) is 0 Å². The van der Waals surface area contributed by atoms with Crippen molar-refractivity contribution in [2.75, 3.05) is 11.9 Å². The normalized spacial score (nSPS) is 17.6. The van der Waals surface area contributed by atoms with E-state index in [4.69, 9.17) is 15.2 Å². The van der Waals surface area contributed by atoms with E-state index in [1.54, 1.807) is 0 Å². The molecular formula is C26H23F5N4O3. The van der Waals surface area contributed by atoms with Crippen LogP contribution in [0.4, 0.5) is 27.6 Å². The number of pyridine rings is 1. The van der Waals surface area contributed by atoms with Crippen LogP contribution in [0.15, 0.2) is 71.9 Å². The monoisotopic (exact) mass is 534 g/mol. The van der Waals surface area contributed by atoms with Crippen LogP contribution < -0.4 is 15.8 Å². The number of anilines is 1. The molecule has 0 spiro atoms. The van der Waals surface area contributed by atoms with Gasteiger partial charge in [-0.05, 0) is 42.3 Å². The molecule has 1 amide bonds. The minimum atomic E-state index is -4.61. The highest BCUT2D eigenvalue weighted by Gasteiger charge is 2.46. The van der Waals surface area contributed by atoms with Crippen molar-refractivity contribution >= 4 is 17.6 Å². The second kappa shape index (κ2) is 10.6. The number of hydrogen-bond donors (Lipinski definition) is 2. The number of rotatable bonds is 7. The third-order valence-corrected chi connectivity index (χ3v) is 5.77. The summed E-state index contributed by atoms with van der Waals surface area (Å²) >= 11 is 0. The maximum atomic E-state index is 14.9. The lowest BCUT2D eigenvalue weighted by molar-refractivity contribution is -0.137. The highest BCUT2D eigenvalue weighted by Crippen LogP contribution is 2.43. The SMILES string of the molecule is CCC(Oc1ccc(NC(=O)c2ccc(C(F)(F)F)cn2)cc1C1N=C(N)OCC1(F)F)c1ccccc1. The van der Waals surface area contributed by atoms with Crippen molar-refractivity contribution in [3.63, 3.8) is 0 Å². The summed E-state index contributed by atoms with van der Waals surface area (Å²) in [4.78, 5) is 20.0. The number of carbonyl (C=O) groups excluding carboxylic acids is 1. The third kappa shape index (κ3) is 6.01. The Morgan fingerprint density at radius 2 is 1.92 bits per heavy atom. The number of nitrogens with zero attached hydrogens (tertiary/aromatic N) is 2. The molecule has 12 heteroatoms. The van der Waals surface area contributed by atoms with E-state index in [-0.39, 0.29) is 22.7 Å². The number of amidine groups is 1. The summed E-state index contributed by atoms with van der Waals surface area (Å²) < 4.78 is 79.1. The number of alkyl halides is 5. The number of benzene rings is 2. The first-order valence-corrected chi connectivity index (χ1v) is 11.5. The summed E-state index contributed by atoms with van der Waals surface area (Å²) in [6, 6.07) is 12.7. The Labute approximate surface area is 214 Å². The predicted octanol–water partition coefficient (Wildman–Crippen LogP) is 5.90. The number of aromatic nitrogens is 1. The van der Waals surface area contributed by atoms with Crippen molar-refractivity contribution in [1.82, 2.24) is 4.98 Å². The molecule has 0 radical (unpaired) electrons. The van der Waals surface area contributed by atoms with Gasteiger partial charge in [0.2, 0.25) is 0 Å². The van der Waals surface area contributed by atoms with E-state index in [0.29, 0.717) is 12.6 Å². The van der Waals surface area contributed by atoms with Gasteiger partial charge in [-0.2, -0.15) is 13.2 Å². The summed E-state index contributed by atoms with van der Waals surface area (Å²) in [5.74, 6) is -4.20. The highest BCUT2D eigenvalue weighted by atomic mass is 19.4. The first kappa shape index (κ1) is 26.8. The van der Waals surface area contributed by atoms with Crippen LogP contribution in [-0.4, -0.2) is 29.4 Å². The van der Waals surface area contributed by atoms with Gasteiger partial charge in [0.25, 0.3) is 11.9 Å². The minimum Gasteiger partial charge on any atom is -0.485 e. The number of aliphatic imine (C=N–C) groups is 1. The highest BCUT2D eigenvalue weighted by molar-refractivity contribution is 6.03. The third-order valence-electron chi connectivity index (χ3n) is 5.77. The molecule has 1 aromatic heterocycles. The average molecular weight is 534 g/mol. The maximum absolute atomic E-state index is 14.9. The summed E-state index contributed by atoms with van der Waals surface area (Å²) in [6.07, 6.45) is -4.02. The molecule has 0 fully saturated rings. The lowest BCUT2D eigenvalue weighted by atomic mass is 9.98. The molecule has 2 heterocycles. The molecule has 4 rings (SSSR count). The van der Waals surface area contributed by atoms with Gasteiger partial charge >= 0.3 is 12.1 Å². The lowest BCUT2D eigenvalue weighted by Gasteiger charge is -2.30. The summed E-state index contributed by atoms with van der Waals surface area (Å²) in [7, 11) is 0. The fourth-order valence-electron chi connectivity index (χ4n) is 3.85. The van der Waals surface area contributed by atoms with E-state index in [9.17, 15) is 26.7 Å². The number of halogens is 5. The predicted molar refractivity (Wildman–Crippen MR) is 129 cm³/mol. The van der Waals surface area contributed by atoms with Crippen molar-refractivity contribution in [3.05, 3.63) is 89.2 Å². The largest absolute Gasteiger partial charge is 0.485 e. The van der Waals surface area contributed by atoms with Crippen LogP contribution >= 0.6 is 0 Å². The molecule has 38 heavy (non-hydrogen) atoms. The first-order chi connectivity index (χ1) is 18.0.